The summed E-state index contributed by atoms with van der Waals surface area (Å²) in [5.74, 6) is 0.463. The molecule has 0 saturated carbocycles. The van der Waals surface area contributed by atoms with E-state index in [-0.39, 0.29) is 18.3 Å². The third-order valence-corrected chi connectivity index (χ3v) is 3.75. The summed E-state index contributed by atoms with van der Waals surface area (Å²) in [5, 5.41) is 6.50. The fourth-order valence-corrected chi connectivity index (χ4v) is 2.44. The van der Waals surface area contributed by atoms with Crippen LogP contribution >= 0.6 is 0 Å². The maximum atomic E-state index is 12.7. The van der Waals surface area contributed by atoms with Crippen molar-refractivity contribution in [1.82, 2.24) is 20.4 Å². The highest BCUT2D eigenvalue weighted by Gasteiger charge is 2.49. The van der Waals surface area contributed by atoms with Gasteiger partial charge in [-0.15, -0.1) is 0 Å². The number of benzene rings is 1. The summed E-state index contributed by atoms with van der Waals surface area (Å²) >= 11 is 0. The van der Waals surface area contributed by atoms with Gasteiger partial charge in [-0.3, -0.25) is 9.69 Å². The molecule has 1 unspecified atom stereocenters. The number of carbonyl (C=O) groups is 2. The summed E-state index contributed by atoms with van der Waals surface area (Å²) in [6, 6.07) is 8.67. The lowest BCUT2D eigenvalue weighted by Gasteiger charge is -2.21. The molecule has 7 heteroatoms. The molecule has 1 N–H and O–H groups in total. The first-order valence-corrected chi connectivity index (χ1v) is 7.05. The van der Waals surface area contributed by atoms with Crippen LogP contribution < -0.4 is 5.32 Å². The minimum Gasteiger partial charge on any atom is -0.337 e. The zero-order valence-corrected chi connectivity index (χ0v) is 12.4. The number of imide groups is 1. The zero-order chi connectivity index (χ0) is 15.7. The van der Waals surface area contributed by atoms with Crippen LogP contribution in [0.1, 0.15) is 31.1 Å². The fraction of sp³-hybridized carbons (Fsp3) is 0.333. The molecule has 3 amide bonds. The molecule has 114 valence electrons. The summed E-state index contributed by atoms with van der Waals surface area (Å²) < 4.78 is 5.05. The van der Waals surface area contributed by atoms with Crippen molar-refractivity contribution in [3.63, 3.8) is 0 Å². The molecule has 1 saturated heterocycles. The maximum absolute atomic E-state index is 12.7. The standard InChI is InChI=1S/C15H16N4O3/c1-3-11-16-12(22-18-11)9-19-13(20)15(2,17-14(19)21)10-7-5-4-6-8-10/h4-8H,3,9H2,1-2H3,(H,17,21). The number of hydrogen-bond acceptors (Lipinski definition) is 5. The number of nitrogens with one attached hydrogen (secondary N) is 1. The number of aryl methyl sites for hydroxylation is 1. The molecule has 1 fully saturated rings. The second-order valence-corrected chi connectivity index (χ2v) is 5.27. The zero-order valence-electron chi connectivity index (χ0n) is 12.4. The first-order valence-electron chi connectivity index (χ1n) is 7.05. The van der Waals surface area contributed by atoms with Gasteiger partial charge in [-0.2, -0.15) is 4.98 Å². The fourth-order valence-electron chi connectivity index (χ4n) is 2.44. The minimum absolute atomic E-state index is 0.0277. The van der Waals surface area contributed by atoms with Crippen LogP contribution in [0.15, 0.2) is 34.9 Å². The lowest BCUT2D eigenvalue weighted by atomic mass is 9.92. The monoisotopic (exact) mass is 300 g/mol. The normalized spacial score (nSPS) is 21.3. The summed E-state index contributed by atoms with van der Waals surface area (Å²) in [7, 11) is 0. The second kappa shape index (κ2) is 5.25. The Morgan fingerprint density at radius 1 is 1.27 bits per heavy atom. The Kier molecular flexibility index (Phi) is 3.40. The quantitative estimate of drug-likeness (QED) is 0.866. The van der Waals surface area contributed by atoms with Crippen molar-refractivity contribution in [1.29, 1.82) is 0 Å². The molecular weight excluding hydrogens is 284 g/mol. The van der Waals surface area contributed by atoms with Crippen molar-refractivity contribution in [2.24, 2.45) is 0 Å². The Morgan fingerprint density at radius 3 is 2.64 bits per heavy atom. The Bertz CT molecular complexity index is 713. The van der Waals surface area contributed by atoms with Crippen LogP contribution in [-0.4, -0.2) is 27.0 Å². The van der Waals surface area contributed by atoms with Gasteiger partial charge in [0.25, 0.3) is 5.91 Å². The molecular formula is C15H16N4O3. The van der Waals surface area contributed by atoms with Gasteiger partial charge in [0.2, 0.25) is 5.89 Å². The number of rotatable bonds is 4. The van der Waals surface area contributed by atoms with Gasteiger partial charge in [-0.05, 0) is 12.5 Å². The van der Waals surface area contributed by atoms with E-state index in [1.807, 2.05) is 37.3 Å². The molecule has 7 nitrogen and oxygen atoms in total. The van der Waals surface area contributed by atoms with Crippen molar-refractivity contribution in [3.05, 3.63) is 47.6 Å². The van der Waals surface area contributed by atoms with E-state index in [1.54, 1.807) is 6.92 Å². The predicted octanol–water partition coefficient (Wildman–Crippen LogP) is 1.60. The highest BCUT2D eigenvalue weighted by Crippen LogP contribution is 2.29. The Hall–Kier alpha value is -2.70. The van der Waals surface area contributed by atoms with Gasteiger partial charge in [0.05, 0.1) is 0 Å². The number of urea groups is 1. The first kappa shape index (κ1) is 14.2. The SMILES string of the molecule is CCc1noc(CN2C(=O)NC(C)(c3ccccc3)C2=O)n1. The van der Waals surface area contributed by atoms with E-state index in [0.29, 0.717) is 12.2 Å². The minimum atomic E-state index is -1.08. The van der Waals surface area contributed by atoms with Gasteiger partial charge in [-0.25, -0.2) is 4.79 Å². The van der Waals surface area contributed by atoms with Crippen LogP contribution in [0.2, 0.25) is 0 Å². The van der Waals surface area contributed by atoms with E-state index in [4.69, 9.17) is 4.52 Å². The van der Waals surface area contributed by atoms with Gasteiger partial charge in [-0.1, -0.05) is 42.4 Å². The van der Waals surface area contributed by atoms with Crippen molar-refractivity contribution in [2.45, 2.75) is 32.4 Å². The molecule has 1 aromatic heterocycles. The number of amides is 3. The molecule has 2 aromatic rings. The Balaban J connectivity index is 1.85. The summed E-state index contributed by atoms with van der Waals surface area (Å²) in [4.78, 5) is 30.1. The van der Waals surface area contributed by atoms with E-state index in [9.17, 15) is 9.59 Å². The van der Waals surface area contributed by atoms with Gasteiger partial charge >= 0.3 is 6.03 Å². The van der Waals surface area contributed by atoms with Gasteiger partial charge in [0.1, 0.15) is 12.1 Å². The van der Waals surface area contributed by atoms with Crippen LogP contribution in [0.5, 0.6) is 0 Å². The van der Waals surface area contributed by atoms with Crippen LogP contribution in [0.25, 0.3) is 0 Å². The van der Waals surface area contributed by atoms with Crippen molar-refractivity contribution < 1.29 is 14.1 Å². The van der Waals surface area contributed by atoms with E-state index >= 15 is 0 Å². The van der Waals surface area contributed by atoms with Crippen molar-refractivity contribution >= 4 is 11.9 Å². The van der Waals surface area contributed by atoms with Gasteiger partial charge in [0.15, 0.2) is 5.82 Å². The largest absolute Gasteiger partial charge is 0.337 e. The molecule has 3 rings (SSSR count). The van der Waals surface area contributed by atoms with Crippen LogP contribution in [0.3, 0.4) is 0 Å². The maximum Gasteiger partial charge on any atom is 0.325 e. The molecule has 1 aromatic carbocycles. The van der Waals surface area contributed by atoms with Crippen molar-refractivity contribution in [3.8, 4) is 0 Å². The second-order valence-electron chi connectivity index (χ2n) is 5.27. The first-order chi connectivity index (χ1) is 10.5. The van der Waals surface area contributed by atoms with Gasteiger partial charge in [0, 0.05) is 6.42 Å². The molecule has 22 heavy (non-hydrogen) atoms. The highest BCUT2D eigenvalue weighted by atomic mass is 16.5. The topological polar surface area (TPSA) is 88.3 Å². The lowest BCUT2D eigenvalue weighted by molar-refractivity contribution is -0.131. The smallest absolute Gasteiger partial charge is 0.325 e. The highest BCUT2D eigenvalue weighted by molar-refractivity contribution is 6.07. The number of carbonyl (C=O) groups excluding carboxylic acids is 2. The molecule has 1 aliphatic rings. The Morgan fingerprint density at radius 2 is 2.00 bits per heavy atom. The number of hydrogen-bond donors (Lipinski definition) is 1. The van der Waals surface area contributed by atoms with E-state index in [0.717, 1.165) is 10.5 Å². The number of aromatic nitrogens is 2. The lowest BCUT2D eigenvalue weighted by Crippen LogP contribution is -2.40. The third-order valence-electron chi connectivity index (χ3n) is 3.75. The summed E-state index contributed by atoms with van der Waals surface area (Å²) in [5.41, 5.74) is -0.345. The third kappa shape index (κ3) is 2.24. The predicted molar refractivity (Wildman–Crippen MR) is 76.6 cm³/mol. The molecule has 2 heterocycles. The van der Waals surface area contributed by atoms with Crippen LogP contribution in [0, 0.1) is 0 Å². The molecule has 0 radical (unpaired) electrons. The summed E-state index contributed by atoms with van der Waals surface area (Å²) in [6.07, 6.45) is 0.630. The van der Waals surface area contributed by atoms with E-state index in [2.05, 4.69) is 15.5 Å². The number of nitrogens with zero attached hydrogens (tertiary/aromatic N) is 3. The van der Waals surface area contributed by atoms with Crippen LogP contribution in [-0.2, 0) is 23.3 Å². The van der Waals surface area contributed by atoms with Gasteiger partial charge < -0.3 is 9.84 Å². The van der Waals surface area contributed by atoms with Crippen LogP contribution in [0.4, 0.5) is 4.79 Å². The molecule has 0 spiro atoms. The molecule has 1 atom stereocenters. The average Bonchev–Trinajstić information content (AvgIpc) is 3.07. The summed E-state index contributed by atoms with van der Waals surface area (Å²) in [6.45, 7) is 3.56. The molecule has 1 aliphatic heterocycles. The van der Waals surface area contributed by atoms with E-state index < -0.39 is 11.6 Å². The van der Waals surface area contributed by atoms with Crippen molar-refractivity contribution in [2.75, 3.05) is 0 Å². The Labute approximate surface area is 127 Å². The van der Waals surface area contributed by atoms with E-state index in [1.165, 1.54) is 0 Å². The average molecular weight is 300 g/mol. The molecule has 0 bridgehead atoms. The molecule has 0 aliphatic carbocycles.